The highest BCUT2D eigenvalue weighted by atomic mass is 16.5. The summed E-state index contributed by atoms with van der Waals surface area (Å²) in [6, 6.07) is 7.83. The van der Waals surface area contributed by atoms with Crippen LogP contribution in [0.2, 0.25) is 0 Å². The molecule has 0 aliphatic rings. The van der Waals surface area contributed by atoms with Crippen molar-refractivity contribution in [2.45, 2.75) is 20.3 Å². The maximum Gasteiger partial charge on any atom is 0.152 e. The number of hydroxylamine groups is 1. The number of benzene rings is 1. The van der Waals surface area contributed by atoms with Crippen LogP contribution < -0.4 is 5.48 Å². The summed E-state index contributed by atoms with van der Waals surface area (Å²) in [6.07, 6.45) is 0.969. The highest BCUT2D eigenvalue weighted by Gasteiger charge is 2.03. The van der Waals surface area contributed by atoms with Gasteiger partial charge in [0.05, 0.1) is 0 Å². The van der Waals surface area contributed by atoms with E-state index in [1.54, 1.807) is 0 Å². The fourth-order valence-corrected chi connectivity index (χ4v) is 1.24. The number of aryl methyl sites for hydroxylation is 1. The molecule has 0 spiro atoms. The van der Waals surface area contributed by atoms with E-state index in [0.29, 0.717) is 5.84 Å². The molecule has 0 fully saturated rings. The standard InChI is InChI=1S/C11H16N2O/c1-3-8-12-11(13-14)10-7-5-4-6-9(10)2/h4-7,14H,3,8H2,1-2H3,(H,12,13). The molecule has 1 rings (SSSR count). The van der Waals surface area contributed by atoms with Crippen LogP contribution in [-0.2, 0) is 0 Å². The van der Waals surface area contributed by atoms with Crippen LogP contribution in [0.15, 0.2) is 29.3 Å². The van der Waals surface area contributed by atoms with E-state index < -0.39 is 0 Å². The highest BCUT2D eigenvalue weighted by molar-refractivity contribution is 5.99. The minimum atomic E-state index is 0.546. The minimum absolute atomic E-state index is 0.546. The molecule has 0 aromatic heterocycles. The van der Waals surface area contributed by atoms with Gasteiger partial charge in [-0.15, -0.1) is 0 Å². The first-order valence-corrected chi connectivity index (χ1v) is 4.80. The molecule has 0 aliphatic heterocycles. The first-order valence-electron chi connectivity index (χ1n) is 4.80. The molecule has 1 aromatic rings. The van der Waals surface area contributed by atoms with E-state index >= 15 is 0 Å². The Bertz CT molecular complexity index is 321. The second-order valence-electron chi connectivity index (χ2n) is 3.16. The number of rotatable bonds is 3. The van der Waals surface area contributed by atoms with Crippen LogP contribution >= 0.6 is 0 Å². The zero-order chi connectivity index (χ0) is 10.4. The lowest BCUT2D eigenvalue weighted by atomic mass is 10.1. The lowest BCUT2D eigenvalue weighted by Gasteiger charge is -2.07. The number of aliphatic imine (C=N–C) groups is 1. The van der Waals surface area contributed by atoms with Gasteiger partial charge in [-0.2, -0.15) is 0 Å². The van der Waals surface area contributed by atoms with Crippen molar-refractivity contribution in [3.8, 4) is 0 Å². The Morgan fingerprint density at radius 2 is 2.14 bits per heavy atom. The molecule has 0 unspecified atom stereocenters. The third-order valence-electron chi connectivity index (χ3n) is 2.00. The predicted octanol–water partition coefficient (Wildman–Crippen LogP) is 2.13. The fraction of sp³-hybridized carbons (Fsp3) is 0.364. The molecular weight excluding hydrogens is 176 g/mol. The summed E-state index contributed by atoms with van der Waals surface area (Å²) < 4.78 is 0. The number of hydrogen-bond acceptors (Lipinski definition) is 2. The fourth-order valence-electron chi connectivity index (χ4n) is 1.24. The molecule has 0 aliphatic carbocycles. The Hall–Kier alpha value is -1.35. The van der Waals surface area contributed by atoms with E-state index in [4.69, 9.17) is 5.21 Å². The van der Waals surface area contributed by atoms with Crippen molar-refractivity contribution in [3.63, 3.8) is 0 Å². The highest BCUT2D eigenvalue weighted by Crippen LogP contribution is 2.07. The second kappa shape index (κ2) is 5.40. The quantitative estimate of drug-likeness (QED) is 0.438. The number of nitrogens with zero attached hydrogens (tertiary/aromatic N) is 1. The van der Waals surface area contributed by atoms with E-state index in [2.05, 4.69) is 17.4 Å². The molecule has 3 heteroatoms. The number of amidine groups is 1. The van der Waals surface area contributed by atoms with Gasteiger partial charge in [0.15, 0.2) is 5.84 Å². The van der Waals surface area contributed by atoms with Gasteiger partial charge in [-0.25, -0.2) is 0 Å². The molecule has 0 saturated carbocycles. The van der Waals surface area contributed by atoms with Gasteiger partial charge in [0.25, 0.3) is 0 Å². The average molecular weight is 192 g/mol. The third-order valence-corrected chi connectivity index (χ3v) is 2.00. The molecule has 0 radical (unpaired) electrons. The summed E-state index contributed by atoms with van der Waals surface area (Å²) in [5, 5.41) is 8.95. The van der Waals surface area contributed by atoms with Crippen LogP contribution in [0.5, 0.6) is 0 Å². The Labute approximate surface area is 84.4 Å². The van der Waals surface area contributed by atoms with Gasteiger partial charge in [-0.3, -0.25) is 15.7 Å². The molecule has 0 saturated heterocycles. The van der Waals surface area contributed by atoms with Crippen LogP contribution in [0.4, 0.5) is 0 Å². The molecule has 3 nitrogen and oxygen atoms in total. The van der Waals surface area contributed by atoms with Crippen LogP contribution in [0.3, 0.4) is 0 Å². The van der Waals surface area contributed by atoms with Crippen molar-refractivity contribution in [2.75, 3.05) is 6.54 Å². The summed E-state index contributed by atoms with van der Waals surface area (Å²) in [6.45, 7) is 4.77. The van der Waals surface area contributed by atoms with Gasteiger partial charge in [0.2, 0.25) is 0 Å². The largest absolute Gasteiger partial charge is 0.290 e. The monoisotopic (exact) mass is 192 g/mol. The molecule has 0 amide bonds. The van der Waals surface area contributed by atoms with Crippen molar-refractivity contribution in [1.29, 1.82) is 0 Å². The summed E-state index contributed by atoms with van der Waals surface area (Å²) in [4.78, 5) is 4.25. The van der Waals surface area contributed by atoms with E-state index in [1.807, 2.05) is 31.2 Å². The molecule has 14 heavy (non-hydrogen) atoms. The van der Waals surface area contributed by atoms with E-state index in [1.165, 1.54) is 0 Å². The molecule has 76 valence electrons. The Kier molecular flexibility index (Phi) is 4.13. The normalized spacial score (nSPS) is 11.5. The van der Waals surface area contributed by atoms with Crippen molar-refractivity contribution >= 4 is 5.84 Å². The van der Waals surface area contributed by atoms with Crippen molar-refractivity contribution in [1.82, 2.24) is 5.48 Å². The van der Waals surface area contributed by atoms with Gasteiger partial charge in [-0.05, 0) is 18.9 Å². The van der Waals surface area contributed by atoms with Gasteiger partial charge in [0, 0.05) is 12.1 Å². The van der Waals surface area contributed by atoms with Crippen LogP contribution in [0.25, 0.3) is 0 Å². The Morgan fingerprint density at radius 1 is 1.43 bits per heavy atom. The van der Waals surface area contributed by atoms with Crippen molar-refractivity contribution < 1.29 is 5.21 Å². The topological polar surface area (TPSA) is 44.6 Å². The first kappa shape index (κ1) is 10.7. The summed E-state index contributed by atoms with van der Waals surface area (Å²) in [5.74, 6) is 0.546. The van der Waals surface area contributed by atoms with Gasteiger partial charge in [0.1, 0.15) is 0 Å². The van der Waals surface area contributed by atoms with E-state index in [-0.39, 0.29) is 0 Å². The second-order valence-corrected chi connectivity index (χ2v) is 3.16. The molecule has 0 bridgehead atoms. The maximum absolute atomic E-state index is 8.95. The maximum atomic E-state index is 8.95. The first-order chi connectivity index (χ1) is 6.79. The van der Waals surface area contributed by atoms with Gasteiger partial charge >= 0.3 is 0 Å². The molecule has 0 heterocycles. The zero-order valence-corrected chi connectivity index (χ0v) is 8.62. The molecule has 2 N–H and O–H groups in total. The van der Waals surface area contributed by atoms with Crippen molar-refractivity contribution in [3.05, 3.63) is 35.4 Å². The molecule has 0 atom stereocenters. The van der Waals surface area contributed by atoms with Crippen LogP contribution in [0, 0.1) is 6.92 Å². The van der Waals surface area contributed by atoms with E-state index in [0.717, 1.165) is 24.1 Å². The van der Waals surface area contributed by atoms with Gasteiger partial charge in [-0.1, -0.05) is 31.2 Å². The smallest absolute Gasteiger partial charge is 0.152 e. The lowest BCUT2D eigenvalue weighted by molar-refractivity contribution is 0.234. The predicted molar refractivity (Wildman–Crippen MR) is 57.8 cm³/mol. The minimum Gasteiger partial charge on any atom is -0.290 e. The number of hydrogen-bond donors (Lipinski definition) is 2. The Morgan fingerprint density at radius 3 is 2.71 bits per heavy atom. The van der Waals surface area contributed by atoms with Gasteiger partial charge < -0.3 is 0 Å². The third kappa shape index (κ3) is 2.57. The Balaban J connectivity index is 2.95. The summed E-state index contributed by atoms with van der Waals surface area (Å²) >= 11 is 0. The molecule has 1 aromatic carbocycles. The van der Waals surface area contributed by atoms with Crippen LogP contribution in [-0.4, -0.2) is 17.6 Å². The summed E-state index contributed by atoms with van der Waals surface area (Å²) in [5.41, 5.74) is 4.19. The summed E-state index contributed by atoms with van der Waals surface area (Å²) in [7, 11) is 0. The van der Waals surface area contributed by atoms with E-state index in [9.17, 15) is 0 Å². The average Bonchev–Trinajstić information content (AvgIpc) is 2.21. The van der Waals surface area contributed by atoms with Crippen LogP contribution in [0.1, 0.15) is 24.5 Å². The SMILES string of the molecule is CCCN=C(NO)c1ccccc1C. The lowest BCUT2D eigenvalue weighted by Crippen LogP contribution is -2.21. The number of nitrogens with one attached hydrogen (secondary N) is 1. The molecular formula is C11H16N2O. The van der Waals surface area contributed by atoms with Crippen molar-refractivity contribution in [2.24, 2.45) is 4.99 Å². The zero-order valence-electron chi connectivity index (χ0n) is 8.62.